The van der Waals surface area contributed by atoms with Gasteiger partial charge in [-0.05, 0) is 31.2 Å². The lowest BCUT2D eigenvalue weighted by Gasteiger charge is -2.16. The Bertz CT molecular complexity index is 1100. The van der Waals surface area contributed by atoms with Gasteiger partial charge in [-0.1, -0.05) is 24.2 Å². The maximum absolute atomic E-state index is 12.1. The first kappa shape index (κ1) is 22.0. The summed E-state index contributed by atoms with van der Waals surface area (Å²) >= 11 is 5.98. The molecule has 9 nitrogen and oxygen atoms in total. The molecule has 0 aliphatic heterocycles. The van der Waals surface area contributed by atoms with Crippen LogP contribution in [0.3, 0.4) is 0 Å². The molecule has 0 saturated carbocycles. The number of aromatic nitrogens is 4. The second kappa shape index (κ2) is 9.86. The zero-order chi connectivity index (χ0) is 22.4. The van der Waals surface area contributed by atoms with Gasteiger partial charge in [0.15, 0.2) is 16.6 Å². The molecular formula is C21H21ClN6O3. The summed E-state index contributed by atoms with van der Waals surface area (Å²) in [5.74, 6) is 0.550. The third-order valence-electron chi connectivity index (χ3n) is 4.24. The quantitative estimate of drug-likeness (QED) is 0.510. The van der Waals surface area contributed by atoms with E-state index in [1.807, 2.05) is 19.1 Å². The Labute approximate surface area is 184 Å². The number of rotatable bonds is 8. The van der Waals surface area contributed by atoms with E-state index in [-0.39, 0.29) is 10.8 Å². The number of hydrogen-bond donors (Lipinski definition) is 2. The first-order valence-corrected chi connectivity index (χ1v) is 9.71. The molecule has 0 saturated heterocycles. The van der Waals surface area contributed by atoms with Gasteiger partial charge in [0.05, 0.1) is 30.8 Å². The maximum Gasteiger partial charge on any atom is 0.273 e. The second-order valence-corrected chi connectivity index (χ2v) is 6.57. The molecule has 3 aromatic rings. The number of carbonyl (C=O) groups excluding carboxylic acids is 1. The van der Waals surface area contributed by atoms with Crippen molar-refractivity contribution < 1.29 is 14.3 Å². The molecule has 0 radical (unpaired) electrons. The highest BCUT2D eigenvalue weighted by atomic mass is 35.5. The molecule has 2 N–H and O–H groups in total. The summed E-state index contributed by atoms with van der Waals surface area (Å²) < 4.78 is 11.0. The number of para-hydroxylation sites is 1. The zero-order valence-corrected chi connectivity index (χ0v) is 18.0. The topological polar surface area (TPSA) is 111 Å². The summed E-state index contributed by atoms with van der Waals surface area (Å²) in [5.41, 5.74) is 2.89. The highest BCUT2D eigenvalue weighted by molar-refractivity contribution is 6.29. The number of carbonyl (C=O) groups is 1. The molecule has 0 unspecified atom stereocenters. The fourth-order valence-electron chi connectivity index (χ4n) is 2.82. The summed E-state index contributed by atoms with van der Waals surface area (Å²) in [7, 11) is 3.05. The summed E-state index contributed by atoms with van der Waals surface area (Å²) in [5, 5.41) is 21.9. The van der Waals surface area contributed by atoms with Crippen LogP contribution in [0.25, 0.3) is 17.0 Å². The van der Waals surface area contributed by atoms with E-state index in [1.165, 1.54) is 13.1 Å². The van der Waals surface area contributed by atoms with Gasteiger partial charge in [0, 0.05) is 18.7 Å². The fourth-order valence-corrected chi connectivity index (χ4v) is 2.97. The van der Waals surface area contributed by atoms with Gasteiger partial charge in [0.25, 0.3) is 5.91 Å². The molecule has 2 aromatic heterocycles. The molecule has 3 rings (SSSR count). The van der Waals surface area contributed by atoms with E-state index in [0.717, 1.165) is 0 Å². The van der Waals surface area contributed by atoms with Crippen molar-refractivity contribution in [3.63, 3.8) is 0 Å². The lowest BCUT2D eigenvalue weighted by atomic mass is 10.1. The van der Waals surface area contributed by atoms with Crippen LogP contribution in [0.4, 0.5) is 11.4 Å². The van der Waals surface area contributed by atoms with Crippen LogP contribution in [-0.4, -0.2) is 47.1 Å². The van der Waals surface area contributed by atoms with Crippen molar-refractivity contribution in [1.29, 1.82) is 0 Å². The Morgan fingerprint density at radius 3 is 2.58 bits per heavy atom. The van der Waals surface area contributed by atoms with Crippen molar-refractivity contribution >= 4 is 34.6 Å². The summed E-state index contributed by atoms with van der Waals surface area (Å²) in [4.78, 5) is 12.1. The van der Waals surface area contributed by atoms with E-state index in [1.54, 1.807) is 25.3 Å². The third-order valence-corrected chi connectivity index (χ3v) is 4.42. The number of nitrogens with one attached hydrogen (secondary N) is 2. The largest absolute Gasteiger partial charge is 0.494 e. The molecular weight excluding hydrogens is 420 g/mol. The smallest absolute Gasteiger partial charge is 0.273 e. The average Bonchev–Trinajstić information content (AvgIpc) is 2.79. The Morgan fingerprint density at radius 2 is 1.94 bits per heavy atom. The van der Waals surface area contributed by atoms with Crippen molar-refractivity contribution in [3.8, 4) is 17.0 Å². The minimum Gasteiger partial charge on any atom is -0.494 e. The van der Waals surface area contributed by atoms with Crippen molar-refractivity contribution in [3.05, 3.63) is 59.5 Å². The lowest BCUT2D eigenvalue weighted by Crippen LogP contribution is -2.21. The Kier molecular flexibility index (Phi) is 6.99. The van der Waals surface area contributed by atoms with Crippen molar-refractivity contribution in [1.82, 2.24) is 25.7 Å². The molecule has 0 spiro atoms. The van der Waals surface area contributed by atoms with E-state index < -0.39 is 5.91 Å². The first-order chi connectivity index (χ1) is 15.0. The highest BCUT2D eigenvalue weighted by Gasteiger charge is 2.18. The van der Waals surface area contributed by atoms with Gasteiger partial charge in [-0.3, -0.25) is 4.79 Å². The van der Waals surface area contributed by atoms with Crippen LogP contribution in [-0.2, 0) is 4.74 Å². The fraction of sp³-hybridized carbons (Fsp3) is 0.190. The zero-order valence-electron chi connectivity index (χ0n) is 17.3. The molecule has 1 aromatic carbocycles. The van der Waals surface area contributed by atoms with Crippen LogP contribution in [0.1, 0.15) is 23.1 Å². The van der Waals surface area contributed by atoms with E-state index in [4.69, 9.17) is 21.1 Å². The minimum absolute atomic E-state index is 0.0953. The highest BCUT2D eigenvalue weighted by Crippen LogP contribution is 2.37. The van der Waals surface area contributed by atoms with Crippen molar-refractivity contribution in [2.45, 2.75) is 6.92 Å². The normalized spacial score (nSPS) is 10.3. The van der Waals surface area contributed by atoms with Gasteiger partial charge in [-0.25, -0.2) is 0 Å². The van der Waals surface area contributed by atoms with E-state index in [9.17, 15) is 4.79 Å². The summed E-state index contributed by atoms with van der Waals surface area (Å²) in [6, 6.07) is 10.6. The maximum atomic E-state index is 12.1. The van der Waals surface area contributed by atoms with Crippen LogP contribution < -0.4 is 15.4 Å². The van der Waals surface area contributed by atoms with Crippen LogP contribution in [0, 0.1) is 0 Å². The number of benzene rings is 1. The van der Waals surface area contributed by atoms with E-state index >= 15 is 0 Å². The predicted octanol–water partition coefficient (Wildman–Crippen LogP) is 3.71. The molecule has 0 fully saturated rings. The lowest BCUT2D eigenvalue weighted by molar-refractivity contribution is 0.0958. The summed E-state index contributed by atoms with van der Waals surface area (Å²) in [6.45, 7) is 6.20. The van der Waals surface area contributed by atoms with Crippen LogP contribution in [0.15, 0.2) is 43.0 Å². The average molecular weight is 441 g/mol. The first-order valence-electron chi connectivity index (χ1n) is 9.34. The number of ether oxygens (including phenoxy) is 2. The van der Waals surface area contributed by atoms with Crippen LogP contribution in [0.5, 0.6) is 5.75 Å². The Morgan fingerprint density at radius 1 is 1.13 bits per heavy atom. The van der Waals surface area contributed by atoms with Crippen molar-refractivity contribution in [2.24, 2.45) is 0 Å². The van der Waals surface area contributed by atoms with Gasteiger partial charge in [0.2, 0.25) is 0 Å². The monoisotopic (exact) mass is 440 g/mol. The molecule has 0 bridgehead atoms. The van der Waals surface area contributed by atoms with Crippen molar-refractivity contribution in [2.75, 3.05) is 26.1 Å². The number of amides is 1. The molecule has 0 aliphatic rings. The van der Waals surface area contributed by atoms with Crippen LogP contribution in [0.2, 0.25) is 5.15 Å². The van der Waals surface area contributed by atoms with Gasteiger partial charge < -0.3 is 20.1 Å². The minimum atomic E-state index is -0.405. The molecule has 0 atom stereocenters. The third kappa shape index (κ3) is 4.89. The second-order valence-electron chi connectivity index (χ2n) is 6.18. The molecule has 1 amide bonds. The molecule has 2 heterocycles. The van der Waals surface area contributed by atoms with Gasteiger partial charge in [-0.2, -0.15) is 0 Å². The van der Waals surface area contributed by atoms with E-state index in [0.29, 0.717) is 46.4 Å². The Balaban J connectivity index is 1.99. The van der Waals surface area contributed by atoms with E-state index in [2.05, 4.69) is 37.6 Å². The number of halogens is 1. The predicted molar refractivity (Wildman–Crippen MR) is 118 cm³/mol. The van der Waals surface area contributed by atoms with Crippen LogP contribution >= 0.6 is 11.6 Å². The molecule has 10 heteroatoms. The summed E-state index contributed by atoms with van der Waals surface area (Å²) in [6.07, 6.45) is 0. The Hall–Kier alpha value is -3.72. The number of methoxy groups -OCH3 is 1. The van der Waals surface area contributed by atoms with Gasteiger partial charge in [0.1, 0.15) is 11.5 Å². The number of nitrogens with zero attached hydrogens (tertiary/aromatic N) is 4. The standard InChI is InChI=1S/C21H21ClN6O3/c1-5-31-12(2)14-9-10-15(26-25-14)13-7-6-8-16(20(13)30-4)24-17-11-18(22)27-28-19(17)21(29)23-3/h6-11H,2,5H2,1,3-4H3,(H,23,29)(H,24,27). The molecule has 160 valence electrons. The van der Waals surface area contributed by atoms with Gasteiger partial charge in [-0.15, -0.1) is 20.4 Å². The number of anilines is 2. The SMILES string of the molecule is C=C(OCC)c1ccc(-c2cccc(Nc3cc(Cl)nnc3C(=O)NC)c2OC)nn1. The molecule has 0 aliphatic carbocycles. The number of hydrogen-bond acceptors (Lipinski definition) is 8. The van der Waals surface area contributed by atoms with Gasteiger partial charge >= 0.3 is 0 Å². The molecule has 31 heavy (non-hydrogen) atoms.